The quantitative estimate of drug-likeness (QED) is 0.750. The van der Waals surface area contributed by atoms with Crippen LogP contribution >= 0.6 is 0 Å². The zero-order chi connectivity index (χ0) is 9.14. The van der Waals surface area contributed by atoms with Gasteiger partial charge in [0.05, 0.1) is 5.69 Å². The van der Waals surface area contributed by atoms with Gasteiger partial charge in [-0.15, -0.1) is 0 Å². The predicted molar refractivity (Wildman–Crippen MR) is 42.2 cm³/mol. The standard InChI is InChI=1S/C8H11NO3/c1-3-5(2)6-4-7(8(10)11)12-9-6/h4-5H,3H2,1-2H3,(H,10,11)/t5-/m1/s1. The molecule has 1 N–H and O–H groups in total. The van der Waals surface area contributed by atoms with Crippen molar-refractivity contribution in [1.29, 1.82) is 0 Å². The highest BCUT2D eigenvalue weighted by Gasteiger charge is 2.13. The molecule has 0 aliphatic carbocycles. The minimum absolute atomic E-state index is 0.0923. The lowest BCUT2D eigenvalue weighted by Crippen LogP contribution is -1.93. The molecule has 0 radical (unpaired) electrons. The lowest BCUT2D eigenvalue weighted by Gasteiger charge is -1.99. The van der Waals surface area contributed by atoms with Gasteiger partial charge in [0.1, 0.15) is 0 Å². The normalized spacial score (nSPS) is 12.8. The van der Waals surface area contributed by atoms with Crippen LogP contribution in [0.25, 0.3) is 0 Å². The molecule has 1 aromatic rings. The highest BCUT2D eigenvalue weighted by molar-refractivity contribution is 5.84. The lowest BCUT2D eigenvalue weighted by molar-refractivity contribution is 0.0652. The van der Waals surface area contributed by atoms with Crippen molar-refractivity contribution in [2.45, 2.75) is 26.2 Å². The second-order valence-electron chi connectivity index (χ2n) is 2.73. The van der Waals surface area contributed by atoms with Crippen LogP contribution in [0.2, 0.25) is 0 Å². The first-order valence-corrected chi connectivity index (χ1v) is 3.85. The van der Waals surface area contributed by atoms with Crippen molar-refractivity contribution >= 4 is 5.97 Å². The van der Waals surface area contributed by atoms with E-state index in [9.17, 15) is 4.79 Å². The van der Waals surface area contributed by atoms with Crippen LogP contribution < -0.4 is 0 Å². The fourth-order valence-electron chi connectivity index (χ4n) is 0.831. The van der Waals surface area contributed by atoms with E-state index in [4.69, 9.17) is 5.11 Å². The monoisotopic (exact) mass is 169 g/mol. The van der Waals surface area contributed by atoms with Gasteiger partial charge in [-0.05, 0) is 6.42 Å². The minimum Gasteiger partial charge on any atom is -0.475 e. The van der Waals surface area contributed by atoms with E-state index < -0.39 is 5.97 Å². The lowest BCUT2D eigenvalue weighted by atomic mass is 10.1. The maximum atomic E-state index is 10.4. The SMILES string of the molecule is CC[C@@H](C)c1cc(C(=O)O)on1. The summed E-state index contributed by atoms with van der Waals surface area (Å²) in [6.45, 7) is 3.99. The number of rotatable bonds is 3. The Hall–Kier alpha value is -1.32. The number of hydrogen-bond acceptors (Lipinski definition) is 3. The summed E-state index contributed by atoms with van der Waals surface area (Å²) in [7, 11) is 0. The van der Waals surface area contributed by atoms with Crippen molar-refractivity contribution in [3.05, 3.63) is 17.5 Å². The van der Waals surface area contributed by atoms with Crippen LogP contribution in [0.5, 0.6) is 0 Å². The van der Waals surface area contributed by atoms with Crippen LogP contribution in [0.15, 0.2) is 10.6 Å². The second-order valence-corrected chi connectivity index (χ2v) is 2.73. The molecule has 0 aromatic carbocycles. The summed E-state index contributed by atoms with van der Waals surface area (Å²) in [6, 6.07) is 1.47. The third kappa shape index (κ3) is 1.64. The molecule has 0 fully saturated rings. The highest BCUT2D eigenvalue weighted by atomic mass is 16.5. The topological polar surface area (TPSA) is 63.3 Å². The van der Waals surface area contributed by atoms with Crippen molar-refractivity contribution in [2.24, 2.45) is 0 Å². The molecule has 0 amide bonds. The molecule has 1 aromatic heterocycles. The zero-order valence-corrected chi connectivity index (χ0v) is 7.07. The van der Waals surface area contributed by atoms with E-state index in [2.05, 4.69) is 9.68 Å². The molecular weight excluding hydrogens is 158 g/mol. The van der Waals surface area contributed by atoms with E-state index in [1.165, 1.54) is 6.07 Å². The van der Waals surface area contributed by atoms with Gasteiger partial charge in [0.2, 0.25) is 5.76 Å². The van der Waals surface area contributed by atoms with Crippen LogP contribution in [-0.4, -0.2) is 16.2 Å². The maximum absolute atomic E-state index is 10.4. The van der Waals surface area contributed by atoms with Gasteiger partial charge in [0.25, 0.3) is 0 Å². The Bertz CT molecular complexity index is 280. The van der Waals surface area contributed by atoms with E-state index in [-0.39, 0.29) is 11.7 Å². The van der Waals surface area contributed by atoms with Crippen molar-refractivity contribution in [2.75, 3.05) is 0 Å². The Balaban J connectivity index is 2.84. The smallest absolute Gasteiger partial charge is 0.374 e. The van der Waals surface area contributed by atoms with Crippen LogP contribution in [0.1, 0.15) is 42.4 Å². The van der Waals surface area contributed by atoms with Gasteiger partial charge in [0, 0.05) is 12.0 Å². The Morgan fingerprint density at radius 2 is 2.50 bits per heavy atom. The molecule has 0 spiro atoms. The van der Waals surface area contributed by atoms with E-state index in [0.717, 1.165) is 6.42 Å². The van der Waals surface area contributed by atoms with Gasteiger partial charge in [0.15, 0.2) is 0 Å². The van der Waals surface area contributed by atoms with Crippen LogP contribution in [0, 0.1) is 0 Å². The number of carbonyl (C=O) groups is 1. The summed E-state index contributed by atoms with van der Waals surface area (Å²) < 4.78 is 4.60. The van der Waals surface area contributed by atoms with Gasteiger partial charge < -0.3 is 9.63 Å². The molecule has 4 heteroatoms. The van der Waals surface area contributed by atoms with Crippen molar-refractivity contribution in [3.8, 4) is 0 Å². The highest BCUT2D eigenvalue weighted by Crippen LogP contribution is 2.17. The minimum atomic E-state index is -1.07. The van der Waals surface area contributed by atoms with Crippen molar-refractivity contribution in [3.63, 3.8) is 0 Å². The van der Waals surface area contributed by atoms with Crippen molar-refractivity contribution < 1.29 is 14.4 Å². The summed E-state index contributed by atoms with van der Waals surface area (Å²) in [5.41, 5.74) is 0.704. The fraction of sp³-hybridized carbons (Fsp3) is 0.500. The predicted octanol–water partition coefficient (Wildman–Crippen LogP) is 1.89. The molecular formula is C8H11NO3. The molecule has 0 saturated carbocycles. The van der Waals surface area contributed by atoms with Gasteiger partial charge in [-0.2, -0.15) is 0 Å². The first kappa shape index (κ1) is 8.77. The van der Waals surface area contributed by atoms with Gasteiger partial charge in [-0.3, -0.25) is 0 Å². The Labute approximate surface area is 70.2 Å². The molecule has 1 atom stereocenters. The molecule has 1 heterocycles. The molecule has 0 bridgehead atoms. The van der Waals surface area contributed by atoms with Crippen LogP contribution in [0.4, 0.5) is 0 Å². The molecule has 12 heavy (non-hydrogen) atoms. The number of carboxylic acids is 1. The Morgan fingerprint density at radius 3 is 2.92 bits per heavy atom. The Morgan fingerprint density at radius 1 is 1.83 bits per heavy atom. The molecule has 0 aliphatic heterocycles. The first-order valence-electron chi connectivity index (χ1n) is 3.85. The molecule has 66 valence electrons. The van der Waals surface area contributed by atoms with Gasteiger partial charge in [-0.1, -0.05) is 19.0 Å². The average Bonchev–Trinajstić information content (AvgIpc) is 2.51. The average molecular weight is 169 g/mol. The number of aromatic nitrogens is 1. The molecule has 0 unspecified atom stereocenters. The number of carboxylic acid groups (broad SMARTS) is 1. The van der Waals surface area contributed by atoms with E-state index in [0.29, 0.717) is 5.69 Å². The van der Waals surface area contributed by atoms with E-state index >= 15 is 0 Å². The number of nitrogens with zero attached hydrogens (tertiary/aromatic N) is 1. The zero-order valence-electron chi connectivity index (χ0n) is 7.07. The second kappa shape index (κ2) is 3.38. The summed E-state index contributed by atoms with van der Waals surface area (Å²) in [5.74, 6) is -0.913. The largest absolute Gasteiger partial charge is 0.475 e. The number of aromatic carboxylic acids is 1. The summed E-state index contributed by atoms with van der Waals surface area (Å²) in [6.07, 6.45) is 0.922. The third-order valence-electron chi connectivity index (χ3n) is 1.86. The Kier molecular flexibility index (Phi) is 2.47. The van der Waals surface area contributed by atoms with Gasteiger partial charge >= 0.3 is 5.97 Å². The first-order chi connectivity index (χ1) is 5.65. The molecule has 0 aliphatic rings. The van der Waals surface area contributed by atoms with Crippen LogP contribution in [0.3, 0.4) is 0 Å². The molecule has 4 nitrogen and oxygen atoms in total. The number of hydrogen-bond donors (Lipinski definition) is 1. The van der Waals surface area contributed by atoms with Crippen LogP contribution in [-0.2, 0) is 0 Å². The maximum Gasteiger partial charge on any atom is 0.374 e. The summed E-state index contributed by atoms with van der Waals surface area (Å²) >= 11 is 0. The van der Waals surface area contributed by atoms with E-state index in [1.807, 2.05) is 13.8 Å². The summed E-state index contributed by atoms with van der Waals surface area (Å²) in [5, 5.41) is 12.2. The van der Waals surface area contributed by atoms with Gasteiger partial charge in [-0.25, -0.2) is 4.79 Å². The third-order valence-corrected chi connectivity index (χ3v) is 1.86. The molecule has 0 saturated heterocycles. The fourth-order valence-corrected chi connectivity index (χ4v) is 0.831. The van der Waals surface area contributed by atoms with Crippen molar-refractivity contribution in [1.82, 2.24) is 5.16 Å². The molecule has 1 rings (SSSR count). The van der Waals surface area contributed by atoms with E-state index in [1.54, 1.807) is 0 Å². The summed E-state index contributed by atoms with van der Waals surface area (Å²) in [4.78, 5) is 10.4.